The fraction of sp³-hybridized carbons (Fsp3) is 0.182. The molecule has 87 heavy (non-hydrogen) atoms. The molecule has 0 fully saturated rings. The maximum atomic E-state index is 15.2. The summed E-state index contributed by atoms with van der Waals surface area (Å²) in [6.07, 6.45) is -5.83. The van der Waals surface area contributed by atoms with Crippen LogP contribution in [0.3, 0.4) is 0 Å². The maximum Gasteiger partial charge on any atom is 0.322 e. The van der Waals surface area contributed by atoms with Gasteiger partial charge in [-0.2, -0.15) is 17.6 Å². The highest BCUT2D eigenvalue weighted by molar-refractivity contribution is 9.09. The number of benzene rings is 8. The fourth-order valence-electron chi connectivity index (χ4n) is 8.72. The number of aromatic nitrogens is 4. The van der Waals surface area contributed by atoms with Crippen molar-refractivity contribution in [3.05, 3.63) is 275 Å². The summed E-state index contributed by atoms with van der Waals surface area (Å²) < 4.78 is 90.5. The van der Waals surface area contributed by atoms with Crippen LogP contribution in [0.5, 0.6) is 0 Å². The van der Waals surface area contributed by atoms with Gasteiger partial charge in [-0.15, -0.1) is 20.4 Å². The van der Waals surface area contributed by atoms with Crippen LogP contribution in [0.15, 0.2) is 227 Å². The third-order valence-electron chi connectivity index (χ3n) is 13.1. The minimum absolute atomic E-state index is 0.0314. The molecular formula is C66H61BrF6N10O4. The highest BCUT2D eigenvalue weighted by atomic mass is 79.9. The number of hydrogen-bond donors (Lipinski definition) is 3. The van der Waals surface area contributed by atoms with E-state index < -0.39 is 36.3 Å². The molecule has 10 aromatic rings. The molecule has 448 valence electrons. The van der Waals surface area contributed by atoms with Gasteiger partial charge in [-0.05, 0) is 70.8 Å². The minimum Gasteiger partial charge on any atom is -0.415 e. The predicted molar refractivity (Wildman–Crippen MR) is 326 cm³/mol. The Balaban J connectivity index is 0.000000191. The van der Waals surface area contributed by atoms with E-state index in [1.807, 2.05) is 60.7 Å². The van der Waals surface area contributed by atoms with Gasteiger partial charge in [0.05, 0.1) is 13.1 Å². The molecule has 8 aromatic carbocycles. The number of carbonyl (C=O) groups excluding carboxylic acids is 2. The van der Waals surface area contributed by atoms with Crippen molar-refractivity contribution in [1.82, 2.24) is 41.2 Å². The maximum absolute atomic E-state index is 15.2. The zero-order valence-electron chi connectivity index (χ0n) is 46.9. The lowest BCUT2D eigenvalue weighted by Gasteiger charge is -2.26. The number of urea groups is 2. The van der Waals surface area contributed by atoms with E-state index in [9.17, 15) is 31.5 Å². The van der Waals surface area contributed by atoms with Crippen LogP contribution in [0, 0.1) is 11.6 Å². The minimum atomic E-state index is -2.92. The van der Waals surface area contributed by atoms with Crippen molar-refractivity contribution >= 4 is 39.4 Å². The quantitative estimate of drug-likeness (QED) is 0.0416. The van der Waals surface area contributed by atoms with E-state index >= 15 is 4.39 Å². The van der Waals surface area contributed by atoms with Crippen molar-refractivity contribution in [2.45, 2.75) is 52.1 Å². The number of carbonyl (C=O) groups is 2. The van der Waals surface area contributed by atoms with E-state index in [4.69, 9.17) is 8.83 Å². The summed E-state index contributed by atoms with van der Waals surface area (Å²) in [6.45, 7) is 4.55. The summed E-state index contributed by atoms with van der Waals surface area (Å²) in [5.41, 5.74) is 6.97. The topological polar surface area (TPSA) is 158 Å². The van der Waals surface area contributed by atoms with Crippen LogP contribution >= 0.6 is 15.9 Å². The lowest BCUT2D eigenvalue weighted by atomic mass is 10.1. The van der Waals surface area contributed by atoms with Gasteiger partial charge in [-0.1, -0.05) is 186 Å². The van der Waals surface area contributed by atoms with Gasteiger partial charge in [-0.3, -0.25) is 14.7 Å². The van der Waals surface area contributed by atoms with Gasteiger partial charge in [0.1, 0.15) is 11.6 Å². The number of amides is 4. The van der Waals surface area contributed by atoms with Gasteiger partial charge in [-0.25, -0.2) is 18.4 Å². The van der Waals surface area contributed by atoms with Crippen LogP contribution in [0.25, 0.3) is 22.9 Å². The molecule has 0 saturated carbocycles. The van der Waals surface area contributed by atoms with Crippen molar-refractivity contribution in [1.29, 1.82) is 0 Å². The van der Waals surface area contributed by atoms with Crippen LogP contribution in [-0.2, 0) is 39.3 Å². The summed E-state index contributed by atoms with van der Waals surface area (Å²) in [5.74, 6) is -3.36. The number of nitrogens with zero attached hydrogens (tertiary/aromatic N) is 7. The first kappa shape index (κ1) is 63.6. The molecule has 21 heteroatoms. The molecule has 0 radical (unpaired) electrons. The van der Waals surface area contributed by atoms with Crippen molar-refractivity contribution in [3.8, 4) is 22.9 Å². The van der Waals surface area contributed by atoms with E-state index in [1.54, 1.807) is 48.5 Å². The van der Waals surface area contributed by atoms with Crippen LogP contribution in [0.4, 0.5) is 47.3 Å². The molecule has 0 saturated heterocycles. The first-order valence-electron chi connectivity index (χ1n) is 27.6. The Kier molecular flexibility index (Phi) is 24.3. The molecule has 0 aliphatic rings. The lowest BCUT2D eigenvalue weighted by Crippen LogP contribution is -2.43. The second-order valence-electron chi connectivity index (χ2n) is 19.4. The van der Waals surface area contributed by atoms with Gasteiger partial charge < -0.3 is 24.8 Å². The molecule has 0 unspecified atom stereocenters. The van der Waals surface area contributed by atoms with E-state index in [0.717, 1.165) is 25.2 Å². The first-order valence-corrected chi connectivity index (χ1v) is 28.7. The monoisotopic (exact) mass is 1250 g/mol. The highest BCUT2D eigenvalue weighted by Gasteiger charge is 2.23. The zero-order chi connectivity index (χ0) is 61.2. The van der Waals surface area contributed by atoms with Crippen molar-refractivity contribution in [3.63, 3.8) is 0 Å². The Morgan fingerprint density at radius 3 is 1.15 bits per heavy atom. The van der Waals surface area contributed by atoms with Gasteiger partial charge in [0.25, 0.3) is 11.8 Å². The summed E-state index contributed by atoms with van der Waals surface area (Å²) in [5, 5.41) is 23.3. The Hall–Kier alpha value is -9.44. The summed E-state index contributed by atoms with van der Waals surface area (Å²) in [7, 11) is 0. The van der Waals surface area contributed by atoms with Crippen molar-refractivity contribution in [2.24, 2.45) is 0 Å². The summed E-state index contributed by atoms with van der Waals surface area (Å²) >= 11 is 3.24. The molecule has 4 amide bonds. The second-order valence-corrected chi connectivity index (χ2v) is 20.2. The molecule has 0 aliphatic carbocycles. The number of halogens is 7. The van der Waals surface area contributed by atoms with E-state index in [0.29, 0.717) is 49.4 Å². The van der Waals surface area contributed by atoms with Crippen molar-refractivity contribution < 1.29 is 44.8 Å². The van der Waals surface area contributed by atoms with E-state index in [2.05, 4.69) is 130 Å². The predicted octanol–water partition coefficient (Wildman–Crippen LogP) is 15.1. The average Bonchev–Trinajstić information content (AvgIpc) is 4.32. The molecule has 3 N–H and O–H groups in total. The number of alkyl halides is 5. The Morgan fingerprint density at radius 1 is 0.448 bits per heavy atom. The number of para-hydroxylation sites is 2. The fourth-order valence-corrected chi connectivity index (χ4v) is 8.92. The van der Waals surface area contributed by atoms with Crippen molar-refractivity contribution in [2.75, 3.05) is 34.8 Å². The standard InChI is InChI=1S/C33H30F3N5O2.C19H16BrF3N4O2.C14H15N/c34-29-20-26(31-38-39-32(43-31)30(35)36)16-17-27(29)23-41(28-14-8-3-9-15-28)33(42)37-18-19-40(21-24-10-4-1-5-11-24)22-25-12-6-2-7-13-25;20-8-9-24-19(28)27(14-4-2-1-3-5-14)11-13-7-6-12(10-15(13)21)17-25-26-18(29-17)16(22)23;1-3-7-13(8-4-1)11-15-12-14-9-5-2-6-10-14/h1-17,20,30H,18-19,21-23H2,(H,37,42);1-7,10,16H,8-9,11H2,(H,24,28);1-10,15H,11-12H2. The van der Waals surface area contributed by atoms with E-state index in [1.165, 1.54) is 56.3 Å². The lowest BCUT2D eigenvalue weighted by molar-refractivity contribution is 0.115. The molecule has 0 aliphatic heterocycles. The number of rotatable bonds is 23. The molecule has 0 bridgehead atoms. The zero-order valence-corrected chi connectivity index (χ0v) is 48.5. The third-order valence-corrected chi connectivity index (χ3v) is 13.5. The third kappa shape index (κ3) is 19.8. The number of anilines is 2. The summed E-state index contributed by atoms with van der Waals surface area (Å²) in [4.78, 5) is 31.1. The molecule has 10 rings (SSSR count). The highest BCUT2D eigenvalue weighted by Crippen LogP contribution is 2.29. The average molecular weight is 1250 g/mol. The largest absolute Gasteiger partial charge is 0.415 e. The Bertz CT molecular complexity index is 3580. The van der Waals surface area contributed by atoms with Gasteiger partial charge in [0, 0.05) is 84.8 Å². The van der Waals surface area contributed by atoms with Gasteiger partial charge in [0.2, 0.25) is 11.8 Å². The molecule has 2 aromatic heterocycles. The Morgan fingerprint density at radius 2 is 0.805 bits per heavy atom. The first-order chi connectivity index (χ1) is 42.4. The molecular weight excluding hydrogens is 1190 g/mol. The summed E-state index contributed by atoms with van der Waals surface area (Å²) in [6, 6.07) is 66.4. The SMILES string of the molecule is O=C(NCCBr)N(Cc1ccc(-c2nnc(C(F)F)o2)cc1F)c1ccccc1.O=C(NCCN(Cc1ccccc1)Cc1ccccc1)N(Cc1ccc(-c2nnc(C(F)F)o2)cc1F)c1ccccc1.c1ccc(CNCc2ccccc2)cc1. The smallest absolute Gasteiger partial charge is 0.322 e. The normalized spacial score (nSPS) is 10.9. The molecule has 0 atom stereocenters. The Labute approximate surface area is 508 Å². The van der Waals surface area contributed by atoms with Crippen LogP contribution in [0.1, 0.15) is 58.0 Å². The van der Waals surface area contributed by atoms with Gasteiger partial charge >= 0.3 is 24.9 Å². The molecule has 0 spiro atoms. The molecule has 14 nitrogen and oxygen atoms in total. The van der Waals surface area contributed by atoms with Crippen LogP contribution in [-0.4, -0.2) is 62.3 Å². The number of nitrogens with one attached hydrogen (secondary N) is 3. The molecule has 2 heterocycles. The second kappa shape index (κ2) is 33.3. The van der Waals surface area contributed by atoms with Crippen LogP contribution in [0.2, 0.25) is 0 Å². The van der Waals surface area contributed by atoms with Crippen LogP contribution < -0.4 is 25.8 Å². The van der Waals surface area contributed by atoms with Gasteiger partial charge in [0.15, 0.2) is 0 Å². The van der Waals surface area contributed by atoms with E-state index in [-0.39, 0.29) is 59.2 Å². The number of hydrogen-bond acceptors (Lipinski definition) is 10.